The van der Waals surface area contributed by atoms with Gasteiger partial charge in [-0.3, -0.25) is 4.79 Å². The maximum absolute atomic E-state index is 11.9. The van der Waals surface area contributed by atoms with E-state index in [2.05, 4.69) is 6.92 Å². The molecule has 1 atom stereocenters. The van der Waals surface area contributed by atoms with E-state index in [1.165, 1.54) is 19.3 Å². The van der Waals surface area contributed by atoms with Crippen molar-refractivity contribution in [1.82, 2.24) is 4.90 Å². The summed E-state index contributed by atoms with van der Waals surface area (Å²) < 4.78 is 4.97. The Hall–Kier alpha value is -0.220. The van der Waals surface area contributed by atoms with Crippen molar-refractivity contribution < 1.29 is 9.53 Å². The van der Waals surface area contributed by atoms with E-state index >= 15 is 0 Å². The van der Waals surface area contributed by atoms with Crippen LogP contribution >= 0.6 is 11.8 Å². The van der Waals surface area contributed by atoms with Gasteiger partial charge in [-0.2, -0.15) is 11.8 Å². The highest BCUT2D eigenvalue weighted by atomic mass is 32.2. The molecule has 1 saturated heterocycles. The molecule has 0 aromatic heterocycles. The molecule has 0 bridgehead atoms. The van der Waals surface area contributed by atoms with Crippen LogP contribution in [-0.4, -0.2) is 48.6 Å². The fraction of sp³-hybridized carbons (Fsp3) is 0.917. The van der Waals surface area contributed by atoms with E-state index in [0.29, 0.717) is 17.7 Å². The summed E-state index contributed by atoms with van der Waals surface area (Å²) in [5.74, 6) is 1.96. The molecule has 16 heavy (non-hydrogen) atoms. The molecule has 0 aromatic carbocycles. The molecular formula is C12H23NO2S. The van der Waals surface area contributed by atoms with Gasteiger partial charge in [0.25, 0.3) is 0 Å². The largest absolute Gasteiger partial charge is 0.385 e. The number of carbonyl (C=O) groups excluding carboxylic acids is 1. The Morgan fingerprint density at radius 2 is 2.31 bits per heavy atom. The van der Waals surface area contributed by atoms with Gasteiger partial charge in [0.05, 0.1) is 5.75 Å². The van der Waals surface area contributed by atoms with Crippen LogP contribution in [0.1, 0.15) is 32.6 Å². The lowest BCUT2D eigenvalue weighted by atomic mass is 10.0. The molecule has 94 valence electrons. The van der Waals surface area contributed by atoms with Crippen molar-refractivity contribution in [2.24, 2.45) is 0 Å². The van der Waals surface area contributed by atoms with Crippen molar-refractivity contribution in [3.05, 3.63) is 0 Å². The minimum atomic E-state index is 0.314. The first-order valence-corrected chi connectivity index (χ1v) is 7.27. The lowest BCUT2D eigenvalue weighted by Gasteiger charge is -2.33. The normalized spacial score (nSPS) is 21.1. The Balaban J connectivity index is 2.13. The number of carbonyl (C=O) groups is 1. The van der Waals surface area contributed by atoms with Gasteiger partial charge >= 0.3 is 0 Å². The standard InChI is InChI=1S/C12H23NO2S/c1-11-6-3-4-7-13(11)12(14)10-16-9-5-8-15-2/h11H,3-10H2,1-2H3. The van der Waals surface area contributed by atoms with Gasteiger partial charge in [0.15, 0.2) is 0 Å². The van der Waals surface area contributed by atoms with Crippen LogP contribution in [0.2, 0.25) is 0 Å². The predicted octanol–water partition coefficient (Wildman–Crippen LogP) is 2.16. The van der Waals surface area contributed by atoms with Crippen molar-refractivity contribution >= 4 is 17.7 Å². The van der Waals surface area contributed by atoms with Crippen molar-refractivity contribution in [3.8, 4) is 0 Å². The third-order valence-electron chi connectivity index (χ3n) is 2.99. The van der Waals surface area contributed by atoms with Crippen molar-refractivity contribution in [3.63, 3.8) is 0 Å². The van der Waals surface area contributed by atoms with E-state index in [-0.39, 0.29) is 0 Å². The number of thioether (sulfide) groups is 1. The molecule has 0 spiro atoms. The fourth-order valence-corrected chi connectivity index (χ4v) is 2.82. The smallest absolute Gasteiger partial charge is 0.232 e. The number of methoxy groups -OCH3 is 1. The minimum absolute atomic E-state index is 0.314. The van der Waals surface area contributed by atoms with Crippen LogP contribution in [0.25, 0.3) is 0 Å². The topological polar surface area (TPSA) is 29.5 Å². The van der Waals surface area contributed by atoms with Crippen molar-refractivity contribution in [2.45, 2.75) is 38.6 Å². The van der Waals surface area contributed by atoms with Gasteiger partial charge in [-0.05, 0) is 38.4 Å². The third-order valence-corrected chi connectivity index (χ3v) is 4.01. The van der Waals surface area contributed by atoms with E-state index in [1.807, 2.05) is 4.90 Å². The summed E-state index contributed by atoms with van der Waals surface area (Å²) in [6, 6.07) is 0.445. The van der Waals surface area contributed by atoms with E-state index in [4.69, 9.17) is 4.74 Å². The van der Waals surface area contributed by atoms with Crippen molar-refractivity contribution in [2.75, 3.05) is 31.8 Å². The summed E-state index contributed by atoms with van der Waals surface area (Å²) in [4.78, 5) is 14.0. The molecule has 0 aliphatic carbocycles. The highest BCUT2D eigenvalue weighted by Gasteiger charge is 2.22. The van der Waals surface area contributed by atoms with Gasteiger partial charge in [0.1, 0.15) is 0 Å². The maximum atomic E-state index is 11.9. The monoisotopic (exact) mass is 245 g/mol. The molecule has 0 radical (unpaired) electrons. The summed E-state index contributed by atoms with van der Waals surface area (Å²) in [5.41, 5.74) is 0. The van der Waals surface area contributed by atoms with Gasteiger partial charge in [-0.15, -0.1) is 0 Å². The Labute approximate surface area is 103 Å². The molecular weight excluding hydrogens is 222 g/mol. The maximum Gasteiger partial charge on any atom is 0.232 e. The number of hydrogen-bond acceptors (Lipinski definition) is 3. The minimum Gasteiger partial charge on any atom is -0.385 e. The highest BCUT2D eigenvalue weighted by Crippen LogP contribution is 2.17. The summed E-state index contributed by atoms with van der Waals surface area (Å²) in [6.45, 7) is 3.91. The lowest BCUT2D eigenvalue weighted by Crippen LogP contribution is -2.43. The SMILES string of the molecule is COCCCSCC(=O)N1CCCCC1C. The summed E-state index contributed by atoms with van der Waals surface area (Å²) in [5, 5.41) is 0. The summed E-state index contributed by atoms with van der Waals surface area (Å²) >= 11 is 1.73. The summed E-state index contributed by atoms with van der Waals surface area (Å²) in [6.07, 6.45) is 4.64. The highest BCUT2D eigenvalue weighted by molar-refractivity contribution is 7.99. The number of rotatable bonds is 6. The first-order valence-electron chi connectivity index (χ1n) is 6.12. The van der Waals surface area contributed by atoms with E-state index in [1.54, 1.807) is 18.9 Å². The van der Waals surface area contributed by atoms with Gasteiger partial charge in [-0.25, -0.2) is 0 Å². The van der Waals surface area contributed by atoms with Gasteiger partial charge in [0, 0.05) is 26.3 Å². The van der Waals surface area contributed by atoms with Gasteiger partial charge < -0.3 is 9.64 Å². The molecule has 4 heteroatoms. The van der Waals surface area contributed by atoms with E-state index in [0.717, 1.165) is 25.3 Å². The Morgan fingerprint density at radius 1 is 1.50 bits per heavy atom. The molecule has 1 fully saturated rings. The van der Waals surface area contributed by atoms with Crippen LogP contribution in [0.3, 0.4) is 0 Å². The molecule has 1 unspecified atom stereocenters. The Kier molecular flexibility index (Phi) is 6.88. The third kappa shape index (κ3) is 4.74. The average molecular weight is 245 g/mol. The number of hydrogen-bond donors (Lipinski definition) is 0. The first kappa shape index (κ1) is 13.8. The molecule has 1 aliphatic rings. The van der Waals surface area contributed by atoms with Crippen LogP contribution in [0.4, 0.5) is 0 Å². The second-order valence-electron chi connectivity index (χ2n) is 4.33. The molecule has 1 amide bonds. The average Bonchev–Trinajstić information content (AvgIpc) is 2.29. The van der Waals surface area contributed by atoms with Gasteiger partial charge in [0.2, 0.25) is 5.91 Å². The molecule has 1 rings (SSSR count). The number of likely N-dealkylation sites (tertiary alicyclic amines) is 1. The second-order valence-corrected chi connectivity index (χ2v) is 5.44. The van der Waals surface area contributed by atoms with Crippen LogP contribution in [0.15, 0.2) is 0 Å². The van der Waals surface area contributed by atoms with Crippen LogP contribution in [-0.2, 0) is 9.53 Å². The number of ether oxygens (including phenoxy) is 1. The van der Waals surface area contributed by atoms with Gasteiger partial charge in [-0.1, -0.05) is 0 Å². The fourth-order valence-electron chi connectivity index (χ4n) is 2.02. The zero-order valence-corrected chi connectivity index (χ0v) is 11.2. The summed E-state index contributed by atoms with van der Waals surface area (Å²) in [7, 11) is 1.71. The molecule has 0 N–H and O–H groups in total. The lowest BCUT2D eigenvalue weighted by molar-refractivity contribution is -0.131. The van der Waals surface area contributed by atoms with E-state index in [9.17, 15) is 4.79 Å². The molecule has 0 saturated carbocycles. The van der Waals surface area contributed by atoms with Crippen molar-refractivity contribution in [1.29, 1.82) is 0 Å². The van der Waals surface area contributed by atoms with Crippen LogP contribution < -0.4 is 0 Å². The number of amides is 1. The molecule has 3 nitrogen and oxygen atoms in total. The number of piperidine rings is 1. The molecule has 1 aliphatic heterocycles. The number of nitrogens with zero attached hydrogens (tertiary/aromatic N) is 1. The zero-order chi connectivity index (χ0) is 11.8. The quantitative estimate of drug-likeness (QED) is 0.672. The van der Waals surface area contributed by atoms with E-state index < -0.39 is 0 Å². The van der Waals surface area contributed by atoms with Crippen LogP contribution in [0, 0.1) is 0 Å². The predicted molar refractivity (Wildman–Crippen MR) is 68.8 cm³/mol. The zero-order valence-electron chi connectivity index (χ0n) is 10.4. The molecule has 0 aromatic rings. The Morgan fingerprint density at radius 3 is 3.00 bits per heavy atom. The van der Waals surface area contributed by atoms with Crippen LogP contribution in [0.5, 0.6) is 0 Å². The second kappa shape index (κ2) is 7.96. The molecule has 1 heterocycles. The first-order chi connectivity index (χ1) is 7.75. The Bertz CT molecular complexity index is 211.